The Morgan fingerprint density at radius 1 is 1.34 bits per heavy atom. The molecule has 0 saturated carbocycles. The number of nitrogens with zero attached hydrogens (tertiary/aromatic N) is 3. The molecule has 0 aliphatic carbocycles. The van der Waals surface area contributed by atoms with Gasteiger partial charge in [-0.05, 0) is 31.2 Å². The summed E-state index contributed by atoms with van der Waals surface area (Å²) in [6.45, 7) is 6.13. The van der Waals surface area contributed by atoms with E-state index in [0.29, 0.717) is 28.8 Å². The number of benzene rings is 1. The van der Waals surface area contributed by atoms with E-state index in [2.05, 4.69) is 22.1 Å². The fraction of sp³-hybridized carbons (Fsp3) is 0.200. The first-order valence-electron chi connectivity index (χ1n) is 8.73. The summed E-state index contributed by atoms with van der Waals surface area (Å²) in [7, 11) is 1.31. The average molecular weight is 412 g/mol. The molecule has 8 nitrogen and oxygen atoms in total. The molecule has 9 heteroatoms. The number of ether oxygens (including phenoxy) is 1. The molecular weight excluding hydrogens is 392 g/mol. The fourth-order valence-electron chi connectivity index (χ4n) is 2.67. The van der Waals surface area contributed by atoms with Gasteiger partial charge in [0.2, 0.25) is 5.91 Å². The molecule has 0 aliphatic rings. The lowest BCUT2D eigenvalue weighted by molar-refractivity contribution is -0.113. The highest BCUT2D eigenvalue weighted by Crippen LogP contribution is 2.27. The van der Waals surface area contributed by atoms with Crippen LogP contribution in [0.15, 0.2) is 58.8 Å². The van der Waals surface area contributed by atoms with Crippen molar-refractivity contribution in [3.63, 3.8) is 0 Å². The standard InChI is InChI=1S/C20H20N4O4S/c1-4-9-24-18(16-8-10-28-13(16)2)22-23-20(24)29-12-17(25)21-15-7-5-6-14(11-15)19(26)27-3/h4-8,10-11H,1,9,12H2,2-3H3,(H,21,25). The molecule has 0 atom stereocenters. The molecule has 0 saturated heterocycles. The first-order chi connectivity index (χ1) is 14.0. The van der Waals surface area contributed by atoms with Gasteiger partial charge < -0.3 is 14.5 Å². The quantitative estimate of drug-likeness (QED) is 0.343. The van der Waals surface area contributed by atoms with Gasteiger partial charge in [0, 0.05) is 12.2 Å². The first-order valence-corrected chi connectivity index (χ1v) is 9.71. The number of hydrogen-bond donors (Lipinski definition) is 1. The lowest BCUT2D eigenvalue weighted by Gasteiger charge is -2.08. The van der Waals surface area contributed by atoms with Crippen LogP contribution in [0.3, 0.4) is 0 Å². The number of amides is 1. The molecule has 0 bridgehead atoms. The summed E-state index contributed by atoms with van der Waals surface area (Å²) in [5.74, 6) is 0.829. The molecular formula is C20H20N4O4S. The number of anilines is 1. The Kier molecular flexibility index (Phi) is 6.50. The highest BCUT2D eigenvalue weighted by atomic mass is 32.2. The second kappa shape index (κ2) is 9.24. The van der Waals surface area contributed by atoms with Gasteiger partial charge in [-0.2, -0.15) is 0 Å². The smallest absolute Gasteiger partial charge is 0.337 e. The van der Waals surface area contributed by atoms with Crippen LogP contribution in [0.4, 0.5) is 5.69 Å². The number of furan rings is 1. The molecule has 2 heterocycles. The van der Waals surface area contributed by atoms with Crippen LogP contribution in [0, 0.1) is 6.92 Å². The maximum atomic E-state index is 12.4. The highest BCUT2D eigenvalue weighted by molar-refractivity contribution is 7.99. The van der Waals surface area contributed by atoms with Gasteiger partial charge in [0.25, 0.3) is 0 Å². The van der Waals surface area contributed by atoms with E-state index in [1.807, 2.05) is 17.6 Å². The van der Waals surface area contributed by atoms with E-state index >= 15 is 0 Å². The Morgan fingerprint density at radius 2 is 2.17 bits per heavy atom. The zero-order chi connectivity index (χ0) is 20.8. The van der Waals surface area contributed by atoms with Crippen molar-refractivity contribution in [1.82, 2.24) is 14.8 Å². The molecule has 1 aromatic carbocycles. The molecule has 3 aromatic rings. The summed E-state index contributed by atoms with van der Waals surface area (Å²) in [6, 6.07) is 8.39. The third-order valence-electron chi connectivity index (χ3n) is 4.03. The summed E-state index contributed by atoms with van der Waals surface area (Å²) >= 11 is 1.26. The largest absolute Gasteiger partial charge is 0.469 e. The maximum Gasteiger partial charge on any atom is 0.337 e. The van der Waals surface area contributed by atoms with Crippen molar-refractivity contribution in [3.8, 4) is 11.4 Å². The van der Waals surface area contributed by atoms with Crippen LogP contribution in [0.25, 0.3) is 11.4 Å². The Bertz CT molecular complexity index is 1040. The molecule has 1 N–H and O–H groups in total. The topological polar surface area (TPSA) is 99.2 Å². The predicted molar refractivity (Wildman–Crippen MR) is 110 cm³/mol. The summed E-state index contributed by atoms with van der Waals surface area (Å²) in [4.78, 5) is 24.0. The number of esters is 1. The normalized spacial score (nSPS) is 10.6. The van der Waals surface area contributed by atoms with Gasteiger partial charge in [-0.15, -0.1) is 16.8 Å². The van der Waals surface area contributed by atoms with Gasteiger partial charge in [-0.25, -0.2) is 4.79 Å². The number of aromatic nitrogens is 3. The van der Waals surface area contributed by atoms with Crippen molar-refractivity contribution in [2.75, 3.05) is 18.2 Å². The van der Waals surface area contributed by atoms with Gasteiger partial charge in [-0.1, -0.05) is 23.9 Å². The summed E-state index contributed by atoms with van der Waals surface area (Å²) < 4.78 is 11.9. The van der Waals surface area contributed by atoms with Crippen molar-refractivity contribution in [2.45, 2.75) is 18.6 Å². The number of rotatable bonds is 8. The number of thioether (sulfide) groups is 1. The Balaban J connectivity index is 1.69. The van der Waals surface area contributed by atoms with E-state index in [1.165, 1.54) is 18.9 Å². The summed E-state index contributed by atoms with van der Waals surface area (Å²) in [6.07, 6.45) is 3.34. The lowest BCUT2D eigenvalue weighted by Crippen LogP contribution is -2.15. The zero-order valence-electron chi connectivity index (χ0n) is 16.0. The second-order valence-electron chi connectivity index (χ2n) is 6.01. The van der Waals surface area contributed by atoms with Gasteiger partial charge >= 0.3 is 5.97 Å². The third kappa shape index (κ3) is 4.75. The number of nitrogens with one attached hydrogen (secondary N) is 1. The molecule has 0 fully saturated rings. The summed E-state index contributed by atoms with van der Waals surface area (Å²) in [5, 5.41) is 11.8. The van der Waals surface area contributed by atoms with Crippen LogP contribution in [-0.2, 0) is 16.1 Å². The Hall–Kier alpha value is -3.33. The first kappa shape index (κ1) is 20.4. The van der Waals surface area contributed by atoms with Crippen molar-refractivity contribution >= 4 is 29.3 Å². The van der Waals surface area contributed by atoms with Crippen molar-refractivity contribution in [2.24, 2.45) is 0 Å². The molecule has 0 aliphatic heterocycles. The minimum atomic E-state index is -0.463. The van der Waals surface area contributed by atoms with Gasteiger partial charge in [-0.3, -0.25) is 9.36 Å². The van der Waals surface area contributed by atoms with Crippen LogP contribution in [0.2, 0.25) is 0 Å². The van der Waals surface area contributed by atoms with E-state index in [1.54, 1.807) is 36.6 Å². The molecule has 2 aromatic heterocycles. The number of methoxy groups -OCH3 is 1. The average Bonchev–Trinajstić information content (AvgIpc) is 3.32. The number of carbonyl (C=O) groups excluding carboxylic acids is 2. The minimum Gasteiger partial charge on any atom is -0.469 e. The molecule has 150 valence electrons. The van der Waals surface area contributed by atoms with Crippen LogP contribution in [0.1, 0.15) is 16.1 Å². The zero-order valence-corrected chi connectivity index (χ0v) is 16.9. The van der Waals surface area contributed by atoms with Crippen LogP contribution >= 0.6 is 11.8 Å². The molecule has 29 heavy (non-hydrogen) atoms. The van der Waals surface area contributed by atoms with E-state index in [0.717, 1.165) is 11.3 Å². The lowest BCUT2D eigenvalue weighted by atomic mass is 10.2. The minimum absolute atomic E-state index is 0.127. The maximum absolute atomic E-state index is 12.4. The van der Waals surface area contributed by atoms with Gasteiger partial charge in [0.15, 0.2) is 11.0 Å². The number of hydrogen-bond acceptors (Lipinski definition) is 7. The molecule has 0 unspecified atom stereocenters. The number of carbonyl (C=O) groups is 2. The SMILES string of the molecule is C=CCn1c(SCC(=O)Nc2cccc(C(=O)OC)c2)nnc1-c1ccoc1C. The number of allylic oxidation sites excluding steroid dienone is 1. The van der Waals surface area contributed by atoms with E-state index in [-0.39, 0.29) is 11.7 Å². The monoisotopic (exact) mass is 412 g/mol. The predicted octanol–water partition coefficient (Wildman–Crippen LogP) is 3.55. The number of aryl methyl sites for hydroxylation is 1. The van der Waals surface area contributed by atoms with Gasteiger partial charge in [0.1, 0.15) is 5.76 Å². The van der Waals surface area contributed by atoms with Crippen LogP contribution < -0.4 is 5.32 Å². The Morgan fingerprint density at radius 3 is 2.86 bits per heavy atom. The molecule has 1 amide bonds. The van der Waals surface area contributed by atoms with E-state index in [9.17, 15) is 9.59 Å². The molecule has 0 spiro atoms. The molecule has 0 radical (unpaired) electrons. The van der Waals surface area contributed by atoms with Crippen LogP contribution in [-0.4, -0.2) is 39.5 Å². The summed E-state index contributed by atoms with van der Waals surface area (Å²) in [5.41, 5.74) is 1.72. The van der Waals surface area contributed by atoms with E-state index in [4.69, 9.17) is 9.15 Å². The molecule has 3 rings (SSSR count). The van der Waals surface area contributed by atoms with E-state index < -0.39 is 5.97 Å². The third-order valence-corrected chi connectivity index (χ3v) is 4.99. The van der Waals surface area contributed by atoms with Crippen molar-refractivity contribution < 1.29 is 18.7 Å². The van der Waals surface area contributed by atoms with Crippen molar-refractivity contribution in [3.05, 3.63) is 60.6 Å². The van der Waals surface area contributed by atoms with Crippen LogP contribution in [0.5, 0.6) is 0 Å². The highest BCUT2D eigenvalue weighted by Gasteiger charge is 2.17. The fourth-order valence-corrected chi connectivity index (χ4v) is 3.42. The van der Waals surface area contributed by atoms with Gasteiger partial charge in [0.05, 0.1) is 30.3 Å². The second-order valence-corrected chi connectivity index (χ2v) is 6.95. The van der Waals surface area contributed by atoms with Crippen molar-refractivity contribution in [1.29, 1.82) is 0 Å². The Labute approximate surface area is 172 Å².